The van der Waals surface area contributed by atoms with Gasteiger partial charge in [0.25, 0.3) is 5.91 Å². The molecule has 29 heavy (non-hydrogen) atoms. The monoisotopic (exact) mass is 381 g/mol. The SMILES string of the molecule is Cc1ccccc1[C@H](NC(=O)c1ccc(Cn2ccnc2)cc1)c1ccccc1. The summed E-state index contributed by atoms with van der Waals surface area (Å²) in [7, 11) is 0. The Morgan fingerprint density at radius 3 is 2.38 bits per heavy atom. The lowest BCUT2D eigenvalue weighted by Gasteiger charge is -2.22. The van der Waals surface area contributed by atoms with Crippen LogP contribution in [0.25, 0.3) is 0 Å². The van der Waals surface area contributed by atoms with E-state index in [1.54, 1.807) is 12.5 Å². The smallest absolute Gasteiger partial charge is 0.252 e. The number of nitrogens with zero attached hydrogens (tertiary/aromatic N) is 2. The standard InChI is InChI=1S/C25H23N3O/c1-19-7-5-6-10-23(19)24(21-8-3-2-4-9-21)27-25(29)22-13-11-20(12-14-22)17-28-16-15-26-18-28/h2-16,18,24H,17H2,1H3,(H,27,29)/t24-/m1/s1. The van der Waals surface area contributed by atoms with Gasteiger partial charge in [0.2, 0.25) is 0 Å². The number of nitrogens with one attached hydrogen (secondary N) is 1. The average molecular weight is 381 g/mol. The zero-order valence-electron chi connectivity index (χ0n) is 16.3. The van der Waals surface area contributed by atoms with E-state index in [9.17, 15) is 4.79 Å². The van der Waals surface area contributed by atoms with Crippen LogP contribution in [0.1, 0.15) is 38.7 Å². The summed E-state index contributed by atoms with van der Waals surface area (Å²) in [5.41, 5.74) is 5.08. The fourth-order valence-electron chi connectivity index (χ4n) is 3.46. The van der Waals surface area contributed by atoms with Crippen molar-refractivity contribution in [3.63, 3.8) is 0 Å². The van der Waals surface area contributed by atoms with Crippen LogP contribution >= 0.6 is 0 Å². The molecule has 4 aromatic rings. The van der Waals surface area contributed by atoms with Gasteiger partial charge < -0.3 is 9.88 Å². The van der Waals surface area contributed by atoms with Gasteiger partial charge in [0, 0.05) is 24.5 Å². The molecule has 4 heteroatoms. The molecule has 4 nitrogen and oxygen atoms in total. The van der Waals surface area contributed by atoms with E-state index in [2.05, 4.69) is 29.4 Å². The Morgan fingerprint density at radius 1 is 0.966 bits per heavy atom. The molecule has 0 spiro atoms. The highest BCUT2D eigenvalue weighted by atomic mass is 16.1. The number of carbonyl (C=O) groups excluding carboxylic acids is 1. The van der Waals surface area contributed by atoms with Crippen LogP contribution in [0.3, 0.4) is 0 Å². The summed E-state index contributed by atoms with van der Waals surface area (Å²) < 4.78 is 2.00. The second-order valence-corrected chi connectivity index (χ2v) is 7.11. The molecule has 0 bridgehead atoms. The molecule has 1 amide bonds. The van der Waals surface area contributed by atoms with Gasteiger partial charge in [-0.15, -0.1) is 0 Å². The van der Waals surface area contributed by atoms with E-state index in [1.165, 1.54) is 0 Å². The second kappa shape index (κ2) is 8.57. The van der Waals surface area contributed by atoms with Crippen molar-refractivity contribution in [2.45, 2.75) is 19.5 Å². The third-order valence-electron chi connectivity index (χ3n) is 5.05. The Bertz CT molecular complexity index is 1070. The molecule has 4 rings (SSSR count). The van der Waals surface area contributed by atoms with Crippen molar-refractivity contribution in [2.75, 3.05) is 0 Å². The number of imidazole rings is 1. The molecule has 0 radical (unpaired) electrons. The molecule has 0 aliphatic carbocycles. The molecule has 0 aliphatic heterocycles. The lowest BCUT2D eigenvalue weighted by Crippen LogP contribution is -2.29. The molecule has 144 valence electrons. The second-order valence-electron chi connectivity index (χ2n) is 7.11. The fraction of sp³-hybridized carbons (Fsp3) is 0.120. The zero-order valence-corrected chi connectivity index (χ0v) is 16.3. The highest BCUT2D eigenvalue weighted by molar-refractivity contribution is 5.94. The topological polar surface area (TPSA) is 46.9 Å². The van der Waals surface area contributed by atoms with Crippen molar-refractivity contribution in [1.82, 2.24) is 14.9 Å². The quantitative estimate of drug-likeness (QED) is 0.523. The minimum atomic E-state index is -0.199. The van der Waals surface area contributed by atoms with Crippen LogP contribution in [0, 0.1) is 6.92 Å². The first-order chi connectivity index (χ1) is 14.2. The summed E-state index contributed by atoms with van der Waals surface area (Å²) >= 11 is 0. The Morgan fingerprint density at radius 2 is 1.69 bits per heavy atom. The molecule has 1 atom stereocenters. The van der Waals surface area contributed by atoms with Gasteiger partial charge >= 0.3 is 0 Å². The van der Waals surface area contributed by atoms with Crippen molar-refractivity contribution >= 4 is 5.91 Å². The van der Waals surface area contributed by atoms with Crippen LogP contribution in [0.5, 0.6) is 0 Å². The normalized spacial score (nSPS) is 11.8. The predicted molar refractivity (Wildman–Crippen MR) is 115 cm³/mol. The minimum Gasteiger partial charge on any atom is -0.341 e. The van der Waals surface area contributed by atoms with Gasteiger partial charge in [0.05, 0.1) is 12.4 Å². The summed E-state index contributed by atoms with van der Waals surface area (Å²) in [4.78, 5) is 17.1. The summed E-state index contributed by atoms with van der Waals surface area (Å²) in [6.07, 6.45) is 5.47. The molecule has 3 aromatic carbocycles. The van der Waals surface area contributed by atoms with E-state index in [-0.39, 0.29) is 11.9 Å². The first kappa shape index (κ1) is 18.7. The van der Waals surface area contributed by atoms with Crippen LogP contribution in [-0.2, 0) is 6.54 Å². The van der Waals surface area contributed by atoms with Gasteiger partial charge in [-0.1, -0.05) is 66.7 Å². The summed E-state index contributed by atoms with van der Waals surface area (Å²) in [5, 5.41) is 3.22. The minimum absolute atomic E-state index is 0.0868. The molecule has 1 N–H and O–H groups in total. The van der Waals surface area contributed by atoms with E-state index < -0.39 is 0 Å². The molecule has 0 saturated heterocycles. The van der Waals surface area contributed by atoms with Crippen LogP contribution in [0.15, 0.2) is 97.6 Å². The van der Waals surface area contributed by atoms with Crippen molar-refractivity contribution in [1.29, 1.82) is 0 Å². The first-order valence-electron chi connectivity index (χ1n) is 9.67. The molecule has 0 saturated carbocycles. The fourth-order valence-corrected chi connectivity index (χ4v) is 3.46. The zero-order chi connectivity index (χ0) is 20.1. The Labute approximate surface area is 170 Å². The summed E-state index contributed by atoms with van der Waals surface area (Å²) in [6, 6.07) is 25.8. The van der Waals surface area contributed by atoms with Gasteiger partial charge in [-0.2, -0.15) is 0 Å². The Balaban J connectivity index is 1.56. The van der Waals surface area contributed by atoms with Crippen LogP contribution < -0.4 is 5.32 Å². The number of hydrogen-bond acceptors (Lipinski definition) is 2. The maximum atomic E-state index is 13.0. The predicted octanol–water partition coefficient (Wildman–Crippen LogP) is 4.76. The number of carbonyl (C=O) groups is 1. The number of hydrogen-bond donors (Lipinski definition) is 1. The molecule has 0 fully saturated rings. The van der Waals surface area contributed by atoms with Gasteiger partial charge in [-0.25, -0.2) is 4.98 Å². The summed E-state index contributed by atoms with van der Waals surface area (Å²) in [5.74, 6) is -0.0868. The van der Waals surface area contributed by atoms with Crippen molar-refractivity contribution in [2.24, 2.45) is 0 Å². The molecule has 0 unspecified atom stereocenters. The number of rotatable bonds is 6. The Kier molecular flexibility index (Phi) is 5.52. The van der Waals surface area contributed by atoms with Crippen molar-refractivity contribution < 1.29 is 4.79 Å². The highest BCUT2D eigenvalue weighted by Gasteiger charge is 2.19. The van der Waals surface area contributed by atoms with Crippen molar-refractivity contribution in [3.05, 3.63) is 125 Å². The largest absolute Gasteiger partial charge is 0.341 e. The third kappa shape index (κ3) is 4.43. The molecular weight excluding hydrogens is 358 g/mol. The Hall–Kier alpha value is -3.66. The molecule has 1 heterocycles. The van der Waals surface area contributed by atoms with Gasteiger partial charge in [0.15, 0.2) is 0 Å². The van der Waals surface area contributed by atoms with Gasteiger partial charge in [-0.05, 0) is 41.3 Å². The number of amides is 1. The first-order valence-corrected chi connectivity index (χ1v) is 9.67. The van der Waals surface area contributed by atoms with Crippen LogP contribution in [0.2, 0.25) is 0 Å². The van der Waals surface area contributed by atoms with Crippen molar-refractivity contribution in [3.8, 4) is 0 Å². The highest BCUT2D eigenvalue weighted by Crippen LogP contribution is 2.25. The number of aromatic nitrogens is 2. The average Bonchev–Trinajstić information content (AvgIpc) is 3.27. The lowest BCUT2D eigenvalue weighted by molar-refractivity contribution is 0.0943. The maximum Gasteiger partial charge on any atom is 0.252 e. The molecule has 1 aromatic heterocycles. The van der Waals surface area contributed by atoms with E-state index >= 15 is 0 Å². The van der Waals surface area contributed by atoms with Crippen LogP contribution in [-0.4, -0.2) is 15.5 Å². The van der Waals surface area contributed by atoms with E-state index in [0.29, 0.717) is 5.56 Å². The van der Waals surface area contributed by atoms with Gasteiger partial charge in [0.1, 0.15) is 0 Å². The van der Waals surface area contributed by atoms with E-state index in [1.807, 2.05) is 77.5 Å². The van der Waals surface area contributed by atoms with E-state index in [4.69, 9.17) is 0 Å². The molecular formula is C25H23N3O. The van der Waals surface area contributed by atoms with Crippen LogP contribution in [0.4, 0.5) is 0 Å². The maximum absolute atomic E-state index is 13.0. The summed E-state index contributed by atoms with van der Waals surface area (Å²) in [6.45, 7) is 2.81. The number of aryl methyl sites for hydroxylation is 1. The third-order valence-corrected chi connectivity index (χ3v) is 5.05. The lowest BCUT2D eigenvalue weighted by atomic mass is 9.94. The molecule has 0 aliphatic rings. The van der Waals surface area contributed by atoms with Gasteiger partial charge in [-0.3, -0.25) is 4.79 Å². The van der Waals surface area contributed by atoms with E-state index in [0.717, 1.165) is 28.8 Å². The number of benzene rings is 3.